The first-order valence-electron chi connectivity index (χ1n) is 12.3. The van der Waals surface area contributed by atoms with E-state index in [-0.39, 0.29) is 5.82 Å². The van der Waals surface area contributed by atoms with Crippen molar-refractivity contribution in [1.29, 1.82) is 0 Å². The van der Waals surface area contributed by atoms with Crippen molar-refractivity contribution in [3.63, 3.8) is 0 Å². The lowest BCUT2D eigenvalue weighted by molar-refractivity contribution is 0.174. The summed E-state index contributed by atoms with van der Waals surface area (Å²) < 4.78 is 30.3. The summed E-state index contributed by atoms with van der Waals surface area (Å²) >= 11 is 0. The summed E-state index contributed by atoms with van der Waals surface area (Å²) in [6, 6.07) is 19.6. The van der Waals surface area contributed by atoms with Gasteiger partial charge in [-0.3, -0.25) is 9.80 Å². The molecule has 0 N–H and O–H groups in total. The fraction of sp³-hybridized carbons (Fsp3) is 0.357. The number of ether oxygens (including phenoxy) is 3. The van der Waals surface area contributed by atoms with Crippen LogP contribution >= 0.6 is 0 Å². The van der Waals surface area contributed by atoms with E-state index in [4.69, 9.17) is 14.2 Å². The average Bonchev–Trinajstić information content (AvgIpc) is 3.25. The van der Waals surface area contributed by atoms with Crippen LogP contribution in [0.15, 0.2) is 60.7 Å². The molecule has 3 aromatic rings. The minimum Gasteiger partial charge on any atom is -0.492 e. The van der Waals surface area contributed by atoms with Gasteiger partial charge in [-0.05, 0) is 59.7 Å². The van der Waals surface area contributed by atoms with Gasteiger partial charge >= 0.3 is 0 Å². The second-order valence-electron chi connectivity index (χ2n) is 9.43. The number of benzene rings is 3. The van der Waals surface area contributed by atoms with Gasteiger partial charge in [0.1, 0.15) is 18.2 Å². The number of hydrogen-bond acceptors (Lipinski definition) is 6. The number of halogens is 1. The summed E-state index contributed by atoms with van der Waals surface area (Å²) in [5.41, 5.74) is 4.86. The molecule has 3 aliphatic heterocycles. The van der Waals surface area contributed by atoms with Gasteiger partial charge in [-0.1, -0.05) is 12.1 Å². The highest BCUT2D eigenvalue weighted by atomic mass is 19.1. The van der Waals surface area contributed by atoms with Gasteiger partial charge in [0, 0.05) is 63.6 Å². The van der Waals surface area contributed by atoms with E-state index in [9.17, 15) is 4.39 Å². The molecule has 182 valence electrons. The molecule has 6 nitrogen and oxygen atoms in total. The fourth-order valence-corrected chi connectivity index (χ4v) is 5.11. The van der Waals surface area contributed by atoms with E-state index in [1.54, 1.807) is 0 Å². The average molecular weight is 476 g/mol. The van der Waals surface area contributed by atoms with Crippen LogP contribution < -0.4 is 19.1 Å². The Morgan fingerprint density at radius 3 is 2.20 bits per heavy atom. The first-order valence-corrected chi connectivity index (χ1v) is 12.3. The maximum absolute atomic E-state index is 13.2. The minimum atomic E-state index is -0.186. The highest BCUT2D eigenvalue weighted by Gasteiger charge is 2.21. The molecule has 0 radical (unpaired) electrons. The van der Waals surface area contributed by atoms with Gasteiger partial charge in [0.15, 0.2) is 11.5 Å². The SMILES string of the molecule is Fc1ccc(N2CCN(Cc3ccc4c(c3)CN(Cc3ccc5c(c3)OCO5)CCO4)CC2)cc1. The number of nitrogens with zero attached hydrogens (tertiary/aromatic N) is 3. The van der Waals surface area contributed by atoms with Crippen LogP contribution in [0.3, 0.4) is 0 Å². The zero-order valence-corrected chi connectivity index (χ0v) is 19.8. The molecule has 35 heavy (non-hydrogen) atoms. The van der Waals surface area contributed by atoms with E-state index in [0.29, 0.717) is 13.4 Å². The highest BCUT2D eigenvalue weighted by molar-refractivity contribution is 5.47. The van der Waals surface area contributed by atoms with Gasteiger partial charge in [0.05, 0.1) is 0 Å². The number of anilines is 1. The standard InChI is InChI=1S/C28H30FN3O3/c29-24-3-5-25(6-4-24)32-11-9-30(10-12-32)17-21-1-7-26-23(15-21)19-31(13-14-33-26)18-22-2-8-27-28(16-22)35-20-34-27/h1-8,15-16H,9-14,17-20H2. The van der Waals surface area contributed by atoms with E-state index < -0.39 is 0 Å². The fourth-order valence-electron chi connectivity index (χ4n) is 5.11. The Labute approximate surface area is 205 Å². The lowest BCUT2D eigenvalue weighted by Crippen LogP contribution is -2.45. The van der Waals surface area contributed by atoms with Gasteiger partial charge in [-0.2, -0.15) is 0 Å². The van der Waals surface area contributed by atoms with E-state index in [0.717, 1.165) is 75.3 Å². The number of piperazine rings is 1. The van der Waals surface area contributed by atoms with Crippen molar-refractivity contribution in [2.45, 2.75) is 19.6 Å². The third kappa shape index (κ3) is 5.06. The van der Waals surface area contributed by atoms with Gasteiger partial charge in [-0.25, -0.2) is 4.39 Å². The second-order valence-corrected chi connectivity index (χ2v) is 9.43. The molecule has 6 rings (SSSR count). The molecule has 0 unspecified atom stereocenters. The molecule has 1 fully saturated rings. The van der Waals surface area contributed by atoms with Crippen molar-refractivity contribution in [3.8, 4) is 17.2 Å². The Morgan fingerprint density at radius 2 is 1.37 bits per heavy atom. The number of hydrogen-bond donors (Lipinski definition) is 0. The van der Waals surface area contributed by atoms with Crippen LogP contribution in [0, 0.1) is 5.82 Å². The minimum absolute atomic E-state index is 0.186. The second kappa shape index (κ2) is 9.76. The van der Waals surface area contributed by atoms with Crippen LogP contribution in [0.1, 0.15) is 16.7 Å². The molecule has 0 atom stereocenters. The summed E-state index contributed by atoms with van der Waals surface area (Å²) in [5, 5.41) is 0. The van der Waals surface area contributed by atoms with Crippen molar-refractivity contribution >= 4 is 5.69 Å². The quantitative estimate of drug-likeness (QED) is 0.549. The summed E-state index contributed by atoms with van der Waals surface area (Å²) in [6.45, 7) is 8.35. The van der Waals surface area contributed by atoms with E-state index >= 15 is 0 Å². The number of fused-ring (bicyclic) bond motifs is 2. The molecule has 3 aromatic carbocycles. The van der Waals surface area contributed by atoms with Crippen LogP contribution in [0.4, 0.5) is 10.1 Å². The molecule has 0 aliphatic carbocycles. The normalized spacial score (nSPS) is 18.1. The highest BCUT2D eigenvalue weighted by Crippen LogP contribution is 2.33. The lowest BCUT2D eigenvalue weighted by Gasteiger charge is -2.36. The molecule has 1 saturated heterocycles. The lowest BCUT2D eigenvalue weighted by atomic mass is 10.1. The Hall–Kier alpha value is -3.29. The molecular weight excluding hydrogens is 445 g/mol. The van der Waals surface area contributed by atoms with Crippen molar-refractivity contribution < 1.29 is 18.6 Å². The Balaban J connectivity index is 1.08. The third-order valence-corrected chi connectivity index (χ3v) is 7.00. The predicted molar refractivity (Wildman–Crippen MR) is 133 cm³/mol. The molecule has 0 aromatic heterocycles. The molecule has 0 spiro atoms. The van der Waals surface area contributed by atoms with Gasteiger partial charge < -0.3 is 19.1 Å². The molecule has 3 heterocycles. The van der Waals surface area contributed by atoms with Crippen LogP contribution in [0.25, 0.3) is 0 Å². The predicted octanol–water partition coefficient (Wildman–Crippen LogP) is 4.27. The first-order chi connectivity index (χ1) is 17.2. The van der Waals surface area contributed by atoms with Gasteiger partial charge in [0.25, 0.3) is 0 Å². The monoisotopic (exact) mass is 475 g/mol. The summed E-state index contributed by atoms with van der Waals surface area (Å²) in [4.78, 5) is 7.24. The smallest absolute Gasteiger partial charge is 0.231 e. The van der Waals surface area contributed by atoms with E-state index in [1.807, 2.05) is 18.2 Å². The van der Waals surface area contributed by atoms with Crippen molar-refractivity contribution in [1.82, 2.24) is 9.80 Å². The molecular formula is C28H30FN3O3. The third-order valence-electron chi connectivity index (χ3n) is 7.00. The molecule has 0 bridgehead atoms. The Bertz CT molecular complexity index is 1180. The molecule has 0 amide bonds. The molecule has 0 saturated carbocycles. The van der Waals surface area contributed by atoms with Crippen LogP contribution in [-0.4, -0.2) is 55.9 Å². The Kier molecular flexibility index (Phi) is 6.19. The zero-order chi connectivity index (χ0) is 23.6. The van der Waals surface area contributed by atoms with Crippen molar-refractivity contribution in [2.24, 2.45) is 0 Å². The van der Waals surface area contributed by atoms with Crippen molar-refractivity contribution in [2.75, 3.05) is 51.0 Å². The Morgan fingerprint density at radius 1 is 0.657 bits per heavy atom. The summed E-state index contributed by atoms with van der Waals surface area (Å²) in [5.74, 6) is 2.45. The van der Waals surface area contributed by atoms with Crippen LogP contribution in [0.5, 0.6) is 17.2 Å². The van der Waals surface area contributed by atoms with Crippen LogP contribution in [-0.2, 0) is 19.6 Å². The van der Waals surface area contributed by atoms with E-state index in [2.05, 4.69) is 45.0 Å². The number of rotatable bonds is 5. The molecule has 3 aliphatic rings. The molecule has 7 heteroatoms. The topological polar surface area (TPSA) is 37.4 Å². The van der Waals surface area contributed by atoms with E-state index in [1.165, 1.54) is 28.8 Å². The van der Waals surface area contributed by atoms with Crippen LogP contribution in [0.2, 0.25) is 0 Å². The zero-order valence-electron chi connectivity index (χ0n) is 19.8. The maximum atomic E-state index is 13.2. The van der Waals surface area contributed by atoms with Gasteiger partial charge in [0.2, 0.25) is 6.79 Å². The van der Waals surface area contributed by atoms with Gasteiger partial charge in [-0.15, -0.1) is 0 Å². The van der Waals surface area contributed by atoms with Crippen molar-refractivity contribution in [3.05, 3.63) is 83.2 Å². The maximum Gasteiger partial charge on any atom is 0.231 e. The first kappa shape index (κ1) is 22.2. The summed E-state index contributed by atoms with van der Waals surface area (Å²) in [7, 11) is 0. The largest absolute Gasteiger partial charge is 0.492 e. The summed E-state index contributed by atoms with van der Waals surface area (Å²) in [6.07, 6.45) is 0.